The maximum absolute atomic E-state index is 10.0. The van der Waals surface area contributed by atoms with Crippen LogP contribution in [0.5, 0.6) is 0 Å². The minimum absolute atomic E-state index is 0.299. The van der Waals surface area contributed by atoms with Crippen LogP contribution in [0.25, 0.3) is 0 Å². The third kappa shape index (κ3) is 8.71. The summed E-state index contributed by atoms with van der Waals surface area (Å²) in [4.78, 5) is 0. The van der Waals surface area contributed by atoms with Crippen molar-refractivity contribution in [3.05, 3.63) is 0 Å². The second-order valence-electron chi connectivity index (χ2n) is 8.90. The molecule has 3 heteroatoms. The summed E-state index contributed by atoms with van der Waals surface area (Å²) in [5, 5.41) is 10.0. The van der Waals surface area contributed by atoms with Crippen LogP contribution in [-0.4, -0.2) is 23.3 Å². The minimum Gasteiger partial charge on any atom is -0.391 e. The molecule has 1 saturated carbocycles. The molecule has 1 aliphatic rings. The Kier molecular flexibility index (Phi) is 12.8. The van der Waals surface area contributed by atoms with Gasteiger partial charge in [-0.05, 0) is 24.8 Å². The Morgan fingerprint density at radius 1 is 0.808 bits per heavy atom. The average Bonchev–Trinajstić information content (AvgIpc) is 3.24. The van der Waals surface area contributed by atoms with Gasteiger partial charge in [0.2, 0.25) is 0 Å². The Morgan fingerprint density at radius 3 is 1.54 bits per heavy atom. The molecule has 1 rings (SSSR count). The third-order valence-corrected chi connectivity index (χ3v) is 6.63. The molecule has 26 heavy (non-hydrogen) atoms. The zero-order valence-corrected chi connectivity index (χ0v) is 17.9. The van der Waals surface area contributed by atoms with Crippen molar-refractivity contribution in [2.45, 2.75) is 128 Å². The number of hydrogen-bond donors (Lipinski definition) is 3. The average molecular weight is 369 g/mol. The van der Waals surface area contributed by atoms with Gasteiger partial charge in [-0.15, -0.1) is 0 Å². The molecule has 0 bridgehead atoms. The number of rotatable bonds is 18. The normalized spacial score (nSPS) is 24.6. The first kappa shape index (κ1) is 23.9. The van der Waals surface area contributed by atoms with E-state index in [0.29, 0.717) is 18.4 Å². The summed E-state index contributed by atoms with van der Waals surface area (Å²) in [6.45, 7) is 5.17. The zero-order valence-electron chi connectivity index (χ0n) is 17.9. The zero-order chi connectivity index (χ0) is 19.3. The number of aliphatic hydroxyl groups excluding tert-OH is 1. The van der Waals surface area contributed by atoms with Crippen molar-refractivity contribution < 1.29 is 5.11 Å². The van der Waals surface area contributed by atoms with Crippen LogP contribution in [0.1, 0.15) is 117 Å². The van der Waals surface area contributed by atoms with Gasteiger partial charge in [0.1, 0.15) is 0 Å². The standard InChI is InChI=1S/C23H48N2O/c1-3-5-7-9-11-13-15-17-20(16-14-12-10-8-6-4-2)21(19-24)23(25)18-22(23)26/h20-22,26H,3-19,24-25H2,1-2H3. The van der Waals surface area contributed by atoms with E-state index in [-0.39, 0.29) is 11.6 Å². The van der Waals surface area contributed by atoms with Crippen LogP contribution in [0.4, 0.5) is 0 Å². The van der Waals surface area contributed by atoms with E-state index >= 15 is 0 Å². The van der Waals surface area contributed by atoms with E-state index in [4.69, 9.17) is 11.5 Å². The fraction of sp³-hybridized carbons (Fsp3) is 1.00. The van der Waals surface area contributed by atoms with Crippen molar-refractivity contribution in [1.82, 2.24) is 0 Å². The van der Waals surface area contributed by atoms with Crippen molar-refractivity contribution >= 4 is 0 Å². The quantitative estimate of drug-likeness (QED) is 0.278. The molecule has 0 aromatic heterocycles. The van der Waals surface area contributed by atoms with Crippen molar-refractivity contribution in [1.29, 1.82) is 0 Å². The highest BCUT2D eigenvalue weighted by Gasteiger charge is 2.56. The minimum atomic E-state index is -0.386. The Hall–Kier alpha value is -0.120. The summed E-state index contributed by atoms with van der Waals surface area (Å²) in [6, 6.07) is 0. The first-order valence-corrected chi connectivity index (χ1v) is 11.8. The fourth-order valence-corrected chi connectivity index (χ4v) is 4.62. The third-order valence-electron chi connectivity index (χ3n) is 6.63. The molecule has 1 fully saturated rings. The van der Waals surface area contributed by atoms with Crippen LogP contribution < -0.4 is 11.5 Å². The molecule has 0 heterocycles. The first-order valence-electron chi connectivity index (χ1n) is 11.8. The molecule has 0 aliphatic heterocycles. The van der Waals surface area contributed by atoms with E-state index in [1.54, 1.807) is 0 Å². The first-order chi connectivity index (χ1) is 12.6. The molecular formula is C23H48N2O. The Bertz CT molecular complexity index is 336. The van der Waals surface area contributed by atoms with E-state index in [1.807, 2.05) is 0 Å². The second-order valence-corrected chi connectivity index (χ2v) is 8.90. The van der Waals surface area contributed by atoms with Gasteiger partial charge in [0, 0.05) is 5.54 Å². The highest BCUT2D eigenvalue weighted by atomic mass is 16.3. The van der Waals surface area contributed by atoms with E-state index in [2.05, 4.69) is 13.8 Å². The molecule has 5 N–H and O–H groups in total. The van der Waals surface area contributed by atoms with Gasteiger partial charge in [-0.1, -0.05) is 110 Å². The molecule has 0 aromatic carbocycles. The van der Waals surface area contributed by atoms with Crippen LogP contribution in [0.15, 0.2) is 0 Å². The van der Waals surface area contributed by atoms with Crippen LogP contribution >= 0.6 is 0 Å². The molecule has 0 aromatic rings. The summed E-state index contributed by atoms with van der Waals surface area (Å²) < 4.78 is 0. The lowest BCUT2D eigenvalue weighted by atomic mass is 9.78. The number of aliphatic hydroxyl groups is 1. The number of nitrogens with two attached hydrogens (primary N) is 2. The van der Waals surface area contributed by atoms with E-state index in [1.165, 1.54) is 96.3 Å². The van der Waals surface area contributed by atoms with Crippen LogP contribution in [-0.2, 0) is 0 Å². The van der Waals surface area contributed by atoms with Crippen LogP contribution in [0, 0.1) is 11.8 Å². The summed E-state index contributed by atoms with van der Waals surface area (Å²) in [5.74, 6) is 0.900. The second kappa shape index (κ2) is 14.0. The lowest BCUT2D eigenvalue weighted by molar-refractivity contribution is 0.172. The molecule has 156 valence electrons. The highest BCUT2D eigenvalue weighted by molar-refractivity contribution is 5.14. The molecular weight excluding hydrogens is 320 g/mol. The summed E-state index contributed by atoms with van der Waals surface area (Å²) in [5.41, 5.74) is 12.2. The SMILES string of the molecule is CCCCCCCCCC(CCCCCCCC)C(CN)C1(N)CC1O. The smallest absolute Gasteiger partial charge is 0.0742 e. The number of hydrogen-bond acceptors (Lipinski definition) is 3. The molecule has 0 saturated heterocycles. The van der Waals surface area contributed by atoms with Gasteiger partial charge in [-0.3, -0.25) is 0 Å². The largest absolute Gasteiger partial charge is 0.391 e. The summed E-state index contributed by atoms with van der Waals surface area (Å²) >= 11 is 0. The lowest BCUT2D eigenvalue weighted by Crippen LogP contribution is -2.44. The lowest BCUT2D eigenvalue weighted by Gasteiger charge is -2.31. The van der Waals surface area contributed by atoms with Gasteiger partial charge in [-0.25, -0.2) is 0 Å². The molecule has 1 aliphatic carbocycles. The Morgan fingerprint density at radius 2 is 1.19 bits per heavy atom. The Balaban J connectivity index is 2.35. The highest BCUT2D eigenvalue weighted by Crippen LogP contribution is 2.45. The van der Waals surface area contributed by atoms with Gasteiger partial charge >= 0.3 is 0 Å². The Labute approximate surface area is 163 Å². The molecule has 0 spiro atoms. The maximum atomic E-state index is 10.0. The summed E-state index contributed by atoms with van der Waals surface area (Å²) in [6.07, 6.45) is 20.5. The molecule has 3 nitrogen and oxygen atoms in total. The molecule has 4 atom stereocenters. The van der Waals surface area contributed by atoms with Gasteiger partial charge in [0.25, 0.3) is 0 Å². The van der Waals surface area contributed by atoms with Crippen LogP contribution in [0.3, 0.4) is 0 Å². The topological polar surface area (TPSA) is 72.3 Å². The molecule has 0 radical (unpaired) electrons. The van der Waals surface area contributed by atoms with E-state index in [0.717, 1.165) is 6.42 Å². The van der Waals surface area contributed by atoms with Crippen LogP contribution in [0.2, 0.25) is 0 Å². The van der Waals surface area contributed by atoms with E-state index < -0.39 is 0 Å². The maximum Gasteiger partial charge on any atom is 0.0742 e. The van der Waals surface area contributed by atoms with Gasteiger partial charge < -0.3 is 16.6 Å². The predicted octanol–water partition coefficient (Wildman–Crippen LogP) is 5.53. The van der Waals surface area contributed by atoms with Gasteiger partial charge in [0.05, 0.1) is 6.10 Å². The predicted molar refractivity (Wildman–Crippen MR) is 114 cm³/mol. The van der Waals surface area contributed by atoms with Gasteiger partial charge in [-0.2, -0.15) is 0 Å². The summed E-state index contributed by atoms with van der Waals surface area (Å²) in [7, 11) is 0. The van der Waals surface area contributed by atoms with Gasteiger partial charge in [0.15, 0.2) is 0 Å². The van der Waals surface area contributed by atoms with E-state index in [9.17, 15) is 5.11 Å². The number of unbranched alkanes of at least 4 members (excludes halogenated alkanes) is 11. The van der Waals surface area contributed by atoms with Crippen molar-refractivity contribution in [2.24, 2.45) is 23.3 Å². The fourth-order valence-electron chi connectivity index (χ4n) is 4.62. The monoisotopic (exact) mass is 368 g/mol. The molecule has 4 unspecified atom stereocenters. The van der Waals surface area contributed by atoms with Crippen molar-refractivity contribution in [3.8, 4) is 0 Å². The van der Waals surface area contributed by atoms with Crippen molar-refractivity contribution in [2.75, 3.05) is 6.54 Å². The molecule has 0 amide bonds. The van der Waals surface area contributed by atoms with Crippen molar-refractivity contribution in [3.63, 3.8) is 0 Å².